The lowest BCUT2D eigenvalue weighted by atomic mass is 10.2. The topological polar surface area (TPSA) is 43.8 Å². The number of aryl methyl sites for hydroxylation is 1. The fourth-order valence-electron chi connectivity index (χ4n) is 1.78. The number of benzene rings is 1. The minimum atomic E-state index is 0.543. The van der Waals surface area contributed by atoms with Crippen molar-refractivity contribution in [1.82, 2.24) is 9.55 Å². The molecule has 1 aromatic carbocycles. The lowest BCUT2D eigenvalue weighted by molar-refractivity contribution is 0.721. The molecule has 0 saturated heterocycles. The summed E-state index contributed by atoms with van der Waals surface area (Å²) in [6, 6.07) is 6.27. The van der Waals surface area contributed by atoms with Crippen LogP contribution in [-0.2, 0) is 6.54 Å². The lowest BCUT2D eigenvalue weighted by Crippen LogP contribution is -2.11. The molecular formula is C12H17N3S. The maximum Gasteiger partial charge on any atom is 0.201 e. The van der Waals surface area contributed by atoms with Gasteiger partial charge in [0.1, 0.15) is 0 Å². The van der Waals surface area contributed by atoms with Crippen molar-refractivity contribution in [3.63, 3.8) is 0 Å². The summed E-state index contributed by atoms with van der Waals surface area (Å²) in [6.45, 7) is 5.18. The van der Waals surface area contributed by atoms with Crippen LogP contribution >= 0.6 is 11.8 Å². The quantitative estimate of drug-likeness (QED) is 0.889. The van der Waals surface area contributed by atoms with Gasteiger partial charge in [0.2, 0.25) is 5.95 Å². The van der Waals surface area contributed by atoms with Crippen LogP contribution < -0.4 is 5.73 Å². The molecule has 2 rings (SSSR count). The number of thioether (sulfide) groups is 1. The highest BCUT2D eigenvalue weighted by Gasteiger charge is 2.10. The molecule has 0 aliphatic heterocycles. The normalized spacial score (nSPS) is 13.2. The summed E-state index contributed by atoms with van der Waals surface area (Å²) in [6.07, 6.45) is 2.12. The average Bonchev–Trinajstić information content (AvgIpc) is 2.54. The molecule has 2 aromatic rings. The van der Waals surface area contributed by atoms with E-state index < -0.39 is 0 Å². The van der Waals surface area contributed by atoms with E-state index in [4.69, 9.17) is 5.73 Å². The molecule has 0 radical (unpaired) electrons. The zero-order valence-corrected chi connectivity index (χ0v) is 10.7. The molecule has 0 spiro atoms. The Hall–Kier alpha value is -1.16. The third-order valence-electron chi connectivity index (χ3n) is 2.78. The number of rotatable bonds is 3. The Balaban J connectivity index is 2.47. The monoisotopic (exact) mass is 235 g/mol. The molecule has 0 aliphatic rings. The van der Waals surface area contributed by atoms with Crippen LogP contribution in [0, 0.1) is 6.92 Å². The number of hydrogen-bond donors (Lipinski definition) is 1. The van der Waals surface area contributed by atoms with Crippen molar-refractivity contribution in [2.24, 2.45) is 0 Å². The SMILES string of the molecule is CSC(C)Cn1c(N)nc2cc(C)ccc21. The van der Waals surface area contributed by atoms with Gasteiger partial charge < -0.3 is 10.3 Å². The highest BCUT2D eigenvalue weighted by atomic mass is 32.2. The van der Waals surface area contributed by atoms with Gasteiger partial charge in [0.25, 0.3) is 0 Å². The molecule has 1 heterocycles. The van der Waals surface area contributed by atoms with Gasteiger partial charge in [0.05, 0.1) is 11.0 Å². The van der Waals surface area contributed by atoms with E-state index in [1.165, 1.54) is 5.56 Å². The number of nitrogen functional groups attached to an aromatic ring is 1. The molecule has 1 aromatic heterocycles. The Morgan fingerprint density at radius 3 is 2.94 bits per heavy atom. The average molecular weight is 235 g/mol. The maximum atomic E-state index is 5.95. The summed E-state index contributed by atoms with van der Waals surface area (Å²) in [7, 11) is 0. The first kappa shape index (κ1) is 11.3. The predicted octanol–water partition coefficient (Wildman–Crippen LogP) is 2.68. The number of nitrogens with two attached hydrogens (primary N) is 1. The molecule has 0 saturated carbocycles. The lowest BCUT2D eigenvalue weighted by Gasteiger charge is -2.11. The molecule has 1 unspecified atom stereocenters. The first-order chi connectivity index (χ1) is 7.61. The molecular weight excluding hydrogens is 218 g/mol. The maximum absolute atomic E-state index is 5.95. The van der Waals surface area contributed by atoms with Gasteiger partial charge in [-0.05, 0) is 30.9 Å². The van der Waals surface area contributed by atoms with E-state index in [0.29, 0.717) is 11.2 Å². The standard InChI is InChI=1S/C12H17N3S/c1-8-4-5-11-10(6-8)14-12(13)15(11)7-9(2)16-3/h4-6,9H,7H2,1-3H3,(H2,13,14). The van der Waals surface area contributed by atoms with Crippen molar-refractivity contribution < 1.29 is 0 Å². The summed E-state index contributed by atoms with van der Waals surface area (Å²) in [5, 5.41) is 0.543. The molecule has 0 fully saturated rings. The van der Waals surface area contributed by atoms with Crippen LogP contribution in [0.1, 0.15) is 12.5 Å². The fourth-order valence-corrected chi connectivity index (χ4v) is 2.08. The summed E-state index contributed by atoms with van der Waals surface area (Å²) < 4.78 is 2.09. The van der Waals surface area contributed by atoms with Gasteiger partial charge in [0, 0.05) is 11.8 Å². The summed E-state index contributed by atoms with van der Waals surface area (Å²) in [4.78, 5) is 4.39. The molecule has 1 atom stereocenters. The Bertz CT molecular complexity index is 504. The second-order valence-electron chi connectivity index (χ2n) is 4.12. The zero-order chi connectivity index (χ0) is 11.7. The van der Waals surface area contributed by atoms with Gasteiger partial charge in [-0.15, -0.1) is 0 Å². The second kappa shape index (κ2) is 4.37. The van der Waals surface area contributed by atoms with E-state index in [2.05, 4.69) is 47.9 Å². The van der Waals surface area contributed by atoms with Gasteiger partial charge in [-0.1, -0.05) is 13.0 Å². The first-order valence-electron chi connectivity index (χ1n) is 5.37. The first-order valence-corrected chi connectivity index (χ1v) is 6.65. The molecule has 86 valence electrons. The van der Waals surface area contributed by atoms with Crippen LogP contribution in [0.3, 0.4) is 0 Å². The Morgan fingerprint density at radius 2 is 2.25 bits per heavy atom. The van der Waals surface area contributed by atoms with Crippen LogP contribution in [0.4, 0.5) is 5.95 Å². The van der Waals surface area contributed by atoms with Crippen LogP contribution in [0.15, 0.2) is 18.2 Å². The number of aromatic nitrogens is 2. The molecule has 16 heavy (non-hydrogen) atoms. The van der Waals surface area contributed by atoms with Crippen molar-refractivity contribution in [3.05, 3.63) is 23.8 Å². The summed E-state index contributed by atoms with van der Waals surface area (Å²) in [5.74, 6) is 0.613. The third kappa shape index (κ3) is 2.02. The predicted molar refractivity (Wildman–Crippen MR) is 71.9 cm³/mol. The van der Waals surface area contributed by atoms with Crippen LogP contribution in [0.5, 0.6) is 0 Å². The molecule has 4 heteroatoms. The fraction of sp³-hybridized carbons (Fsp3) is 0.417. The number of hydrogen-bond acceptors (Lipinski definition) is 3. The third-order valence-corrected chi connectivity index (χ3v) is 3.73. The molecule has 3 nitrogen and oxygen atoms in total. The Morgan fingerprint density at radius 1 is 1.50 bits per heavy atom. The van der Waals surface area contributed by atoms with Gasteiger partial charge in [-0.3, -0.25) is 0 Å². The van der Waals surface area contributed by atoms with E-state index in [9.17, 15) is 0 Å². The minimum Gasteiger partial charge on any atom is -0.369 e. The summed E-state index contributed by atoms with van der Waals surface area (Å²) in [5.41, 5.74) is 9.29. The molecule has 0 aliphatic carbocycles. The Kier molecular flexibility index (Phi) is 3.10. The molecule has 0 amide bonds. The van der Waals surface area contributed by atoms with E-state index >= 15 is 0 Å². The smallest absolute Gasteiger partial charge is 0.201 e. The van der Waals surface area contributed by atoms with Crippen molar-refractivity contribution in [2.75, 3.05) is 12.0 Å². The summed E-state index contributed by atoms with van der Waals surface area (Å²) >= 11 is 1.84. The van der Waals surface area contributed by atoms with Crippen LogP contribution in [0.2, 0.25) is 0 Å². The van der Waals surface area contributed by atoms with Crippen LogP contribution in [0.25, 0.3) is 11.0 Å². The number of fused-ring (bicyclic) bond motifs is 1. The van der Waals surface area contributed by atoms with Gasteiger partial charge in [0.15, 0.2) is 0 Å². The number of anilines is 1. The van der Waals surface area contributed by atoms with Crippen molar-refractivity contribution in [1.29, 1.82) is 0 Å². The highest BCUT2D eigenvalue weighted by molar-refractivity contribution is 7.99. The largest absolute Gasteiger partial charge is 0.369 e. The number of imidazole rings is 1. The second-order valence-corrected chi connectivity index (χ2v) is 5.40. The van der Waals surface area contributed by atoms with E-state index in [0.717, 1.165) is 17.6 Å². The molecule has 0 bridgehead atoms. The minimum absolute atomic E-state index is 0.543. The van der Waals surface area contributed by atoms with Crippen molar-refractivity contribution in [2.45, 2.75) is 25.6 Å². The van der Waals surface area contributed by atoms with Gasteiger partial charge in [-0.25, -0.2) is 4.98 Å². The highest BCUT2D eigenvalue weighted by Crippen LogP contribution is 2.21. The Labute approximate surface area is 100 Å². The molecule has 2 N–H and O–H groups in total. The van der Waals surface area contributed by atoms with Crippen molar-refractivity contribution >= 4 is 28.7 Å². The zero-order valence-electron chi connectivity index (χ0n) is 9.90. The van der Waals surface area contributed by atoms with E-state index in [1.54, 1.807) is 0 Å². The number of nitrogens with zero attached hydrogens (tertiary/aromatic N) is 2. The van der Waals surface area contributed by atoms with Gasteiger partial charge >= 0.3 is 0 Å². The van der Waals surface area contributed by atoms with E-state index in [-0.39, 0.29) is 0 Å². The van der Waals surface area contributed by atoms with Crippen LogP contribution in [-0.4, -0.2) is 21.1 Å². The van der Waals surface area contributed by atoms with Gasteiger partial charge in [-0.2, -0.15) is 11.8 Å². The van der Waals surface area contributed by atoms with Crippen molar-refractivity contribution in [3.8, 4) is 0 Å². The van der Waals surface area contributed by atoms with E-state index in [1.807, 2.05) is 11.8 Å².